The van der Waals surface area contributed by atoms with Gasteiger partial charge in [0.15, 0.2) is 0 Å². The van der Waals surface area contributed by atoms with Crippen LogP contribution in [0.4, 0.5) is 5.82 Å². The Bertz CT molecular complexity index is 426. The van der Waals surface area contributed by atoms with Gasteiger partial charge in [-0.25, -0.2) is 9.97 Å². The summed E-state index contributed by atoms with van der Waals surface area (Å²) < 4.78 is 0.701. The molecule has 1 aromatic rings. The minimum atomic E-state index is -0.264. The fraction of sp³-hybridized carbons (Fsp3) is 0.545. The van der Waals surface area contributed by atoms with Gasteiger partial charge >= 0.3 is 0 Å². The largest absolute Gasteiger partial charge is 0.358 e. The molecule has 92 valence electrons. The van der Waals surface area contributed by atoms with Gasteiger partial charge in [-0.3, -0.25) is 4.79 Å². The van der Waals surface area contributed by atoms with Crippen molar-refractivity contribution in [2.45, 2.75) is 32.4 Å². The number of likely N-dealkylation sites (tertiary alicyclic amines) is 1. The van der Waals surface area contributed by atoms with E-state index in [9.17, 15) is 4.79 Å². The van der Waals surface area contributed by atoms with Gasteiger partial charge in [-0.1, -0.05) is 0 Å². The lowest BCUT2D eigenvalue weighted by molar-refractivity contribution is -0.138. The third-order valence-electron chi connectivity index (χ3n) is 2.97. The van der Waals surface area contributed by atoms with Gasteiger partial charge in [0.1, 0.15) is 22.8 Å². The molecular formula is C11H15BrN4O. The number of nitrogens with zero attached hydrogens (tertiary/aromatic N) is 3. The number of anilines is 1. The Balaban J connectivity index is 1.96. The minimum Gasteiger partial charge on any atom is -0.358 e. The summed E-state index contributed by atoms with van der Waals surface area (Å²) in [6.07, 6.45) is 2.55. The molecule has 5 nitrogen and oxygen atoms in total. The van der Waals surface area contributed by atoms with Crippen LogP contribution in [-0.4, -0.2) is 39.4 Å². The first-order chi connectivity index (χ1) is 8.08. The average Bonchev–Trinajstić information content (AvgIpc) is 2.27. The lowest BCUT2D eigenvalue weighted by Crippen LogP contribution is -2.53. The smallest absolute Gasteiger partial charge is 0.245 e. The first-order valence-electron chi connectivity index (χ1n) is 5.62. The number of carbonyl (C=O) groups excluding carboxylic acids is 1. The maximum atomic E-state index is 12.0. The Morgan fingerprint density at radius 3 is 2.94 bits per heavy atom. The highest BCUT2D eigenvalue weighted by molar-refractivity contribution is 9.10. The summed E-state index contributed by atoms with van der Waals surface area (Å²) in [7, 11) is 0. The van der Waals surface area contributed by atoms with E-state index in [4.69, 9.17) is 0 Å². The number of carbonyl (C=O) groups is 1. The second-order valence-electron chi connectivity index (χ2n) is 4.26. The molecule has 6 heteroatoms. The van der Waals surface area contributed by atoms with E-state index >= 15 is 0 Å². The van der Waals surface area contributed by atoms with Crippen LogP contribution < -0.4 is 5.32 Å². The zero-order valence-corrected chi connectivity index (χ0v) is 11.4. The average molecular weight is 299 g/mol. The molecule has 1 aliphatic rings. The van der Waals surface area contributed by atoms with Gasteiger partial charge in [0.05, 0.1) is 0 Å². The highest BCUT2D eigenvalue weighted by atomic mass is 79.9. The van der Waals surface area contributed by atoms with Crippen molar-refractivity contribution in [1.82, 2.24) is 14.9 Å². The minimum absolute atomic E-state index is 0.124. The van der Waals surface area contributed by atoms with Gasteiger partial charge in [-0.05, 0) is 36.2 Å². The van der Waals surface area contributed by atoms with Crippen molar-refractivity contribution in [2.24, 2.45) is 0 Å². The Kier molecular flexibility index (Phi) is 3.61. The molecule has 0 radical (unpaired) electrons. The summed E-state index contributed by atoms with van der Waals surface area (Å²) in [5.74, 6) is 0.777. The molecule has 1 saturated heterocycles. The first kappa shape index (κ1) is 12.3. The van der Waals surface area contributed by atoms with E-state index in [0.717, 1.165) is 13.0 Å². The second kappa shape index (κ2) is 5.00. The molecule has 0 bridgehead atoms. The van der Waals surface area contributed by atoms with E-state index in [2.05, 4.69) is 38.1 Å². The topological polar surface area (TPSA) is 58.1 Å². The number of hydrogen-bond donors (Lipinski definition) is 1. The van der Waals surface area contributed by atoms with Gasteiger partial charge in [-0.2, -0.15) is 0 Å². The summed E-state index contributed by atoms with van der Waals surface area (Å²) in [5.41, 5.74) is 0. The van der Waals surface area contributed by atoms with Gasteiger partial charge < -0.3 is 10.2 Å². The highest BCUT2D eigenvalue weighted by Gasteiger charge is 2.31. The van der Waals surface area contributed by atoms with Crippen molar-refractivity contribution >= 4 is 27.7 Å². The van der Waals surface area contributed by atoms with Crippen molar-refractivity contribution in [1.29, 1.82) is 0 Å². The SMILES string of the molecule is C[C@@H](Nc1cc(Br)ncn1)C(=O)N1CC[C@@H]1C. The van der Waals surface area contributed by atoms with E-state index in [1.807, 2.05) is 11.8 Å². The quantitative estimate of drug-likeness (QED) is 0.862. The van der Waals surface area contributed by atoms with E-state index in [-0.39, 0.29) is 11.9 Å². The van der Waals surface area contributed by atoms with E-state index in [1.165, 1.54) is 6.33 Å². The molecule has 1 aliphatic heterocycles. The molecule has 0 spiro atoms. The molecule has 1 fully saturated rings. The van der Waals surface area contributed by atoms with Crippen LogP contribution in [0.3, 0.4) is 0 Å². The van der Waals surface area contributed by atoms with Crippen LogP contribution in [0.1, 0.15) is 20.3 Å². The number of nitrogens with one attached hydrogen (secondary N) is 1. The summed E-state index contributed by atoms with van der Waals surface area (Å²) in [6.45, 7) is 4.78. The standard InChI is InChI=1S/C11H15BrN4O/c1-7-3-4-16(7)11(17)8(2)15-10-5-9(12)13-6-14-10/h5-8H,3-4H2,1-2H3,(H,13,14,15)/t7-,8+/m0/s1. The summed E-state index contributed by atoms with van der Waals surface area (Å²) in [5, 5.41) is 3.08. The van der Waals surface area contributed by atoms with Crippen LogP contribution >= 0.6 is 15.9 Å². The Labute approximate surface area is 109 Å². The number of aromatic nitrogens is 2. The fourth-order valence-electron chi connectivity index (χ4n) is 1.79. The van der Waals surface area contributed by atoms with Crippen LogP contribution in [0.25, 0.3) is 0 Å². The van der Waals surface area contributed by atoms with Crippen LogP contribution in [0.5, 0.6) is 0 Å². The molecule has 1 aromatic heterocycles. The molecule has 2 heterocycles. The monoisotopic (exact) mass is 298 g/mol. The molecule has 17 heavy (non-hydrogen) atoms. The lowest BCUT2D eigenvalue weighted by atomic mass is 10.0. The van der Waals surface area contributed by atoms with E-state index < -0.39 is 0 Å². The number of hydrogen-bond acceptors (Lipinski definition) is 4. The molecule has 0 aromatic carbocycles. The lowest BCUT2D eigenvalue weighted by Gasteiger charge is -2.40. The normalized spacial score (nSPS) is 20.6. The van der Waals surface area contributed by atoms with Crippen LogP contribution in [0.15, 0.2) is 17.0 Å². The molecular weight excluding hydrogens is 284 g/mol. The molecule has 0 saturated carbocycles. The van der Waals surface area contributed by atoms with E-state index in [0.29, 0.717) is 16.5 Å². The van der Waals surface area contributed by atoms with Gasteiger partial charge in [0.25, 0.3) is 0 Å². The van der Waals surface area contributed by atoms with Gasteiger partial charge in [-0.15, -0.1) is 0 Å². The number of halogens is 1. The molecule has 2 atom stereocenters. The van der Waals surface area contributed by atoms with Crippen molar-refractivity contribution < 1.29 is 4.79 Å². The summed E-state index contributed by atoms with van der Waals surface area (Å²) in [4.78, 5) is 21.9. The zero-order valence-electron chi connectivity index (χ0n) is 9.85. The van der Waals surface area contributed by atoms with Crippen LogP contribution in [0.2, 0.25) is 0 Å². The first-order valence-corrected chi connectivity index (χ1v) is 6.42. The van der Waals surface area contributed by atoms with Crippen molar-refractivity contribution in [3.05, 3.63) is 17.0 Å². The van der Waals surface area contributed by atoms with E-state index in [1.54, 1.807) is 6.07 Å². The second-order valence-corrected chi connectivity index (χ2v) is 5.07. The number of rotatable bonds is 3. The molecule has 1 amide bonds. The molecule has 0 unspecified atom stereocenters. The van der Waals surface area contributed by atoms with Crippen molar-refractivity contribution in [3.8, 4) is 0 Å². The van der Waals surface area contributed by atoms with Gasteiger partial charge in [0.2, 0.25) is 5.91 Å². The van der Waals surface area contributed by atoms with Crippen molar-refractivity contribution in [3.63, 3.8) is 0 Å². The maximum Gasteiger partial charge on any atom is 0.245 e. The third-order valence-corrected chi connectivity index (χ3v) is 3.41. The maximum absolute atomic E-state index is 12.0. The Morgan fingerprint density at radius 1 is 1.65 bits per heavy atom. The van der Waals surface area contributed by atoms with Crippen LogP contribution in [0, 0.1) is 0 Å². The molecule has 2 rings (SSSR count). The Morgan fingerprint density at radius 2 is 2.41 bits per heavy atom. The highest BCUT2D eigenvalue weighted by Crippen LogP contribution is 2.18. The summed E-state index contributed by atoms with van der Waals surface area (Å²) in [6, 6.07) is 1.85. The van der Waals surface area contributed by atoms with Crippen molar-refractivity contribution in [2.75, 3.05) is 11.9 Å². The fourth-order valence-corrected chi connectivity index (χ4v) is 2.10. The Hall–Kier alpha value is -1.17. The van der Waals surface area contributed by atoms with Gasteiger partial charge in [0, 0.05) is 18.7 Å². The summed E-state index contributed by atoms with van der Waals surface area (Å²) >= 11 is 3.27. The molecule has 0 aliphatic carbocycles. The van der Waals surface area contributed by atoms with Crippen LogP contribution in [-0.2, 0) is 4.79 Å². The predicted octanol–water partition coefficient (Wildman–Crippen LogP) is 1.66. The zero-order chi connectivity index (χ0) is 12.4. The number of amides is 1. The predicted molar refractivity (Wildman–Crippen MR) is 68.6 cm³/mol. The molecule has 1 N–H and O–H groups in total. The third kappa shape index (κ3) is 2.74.